The summed E-state index contributed by atoms with van der Waals surface area (Å²) in [7, 11) is 0. The quantitative estimate of drug-likeness (QED) is 0.237. The number of primary amides is 1. The lowest BCUT2D eigenvalue weighted by molar-refractivity contribution is -0.106. The van der Waals surface area contributed by atoms with Crippen molar-refractivity contribution in [2.75, 3.05) is 11.9 Å². The highest BCUT2D eigenvalue weighted by Crippen LogP contribution is 2.40. The van der Waals surface area contributed by atoms with Crippen LogP contribution in [-0.2, 0) is 4.79 Å². The van der Waals surface area contributed by atoms with Gasteiger partial charge in [0.05, 0.1) is 11.2 Å². The average Bonchev–Trinajstić information content (AvgIpc) is 3.13. The summed E-state index contributed by atoms with van der Waals surface area (Å²) in [5.74, 6) is 0.495. The van der Waals surface area contributed by atoms with Crippen LogP contribution in [0.2, 0.25) is 0 Å². The number of nitrogens with zero attached hydrogens (tertiary/aromatic N) is 3. The summed E-state index contributed by atoms with van der Waals surface area (Å²) < 4.78 is 0. The number of hydrogen-bond donors (Lipinski definition) is 4. The molecular weight excluding hydrogens is 532 g/mol. The molecule has 1 atom stereocenters. The lowest BCUT2D eigenvalue weighted by Gasteiger charge is -2.35. The largest absolute Gasteiger partial charge is 0.372 e. The molecule has 1 aliphatic heterocycles. The number of carbonyl (C=O) groups is 2. The normalized spacial score (nSPS) is 16.1. The van der Waals surface area contributed by atoms with E-state index in [-0.39, 0.29) is 12.3 Å². The lowest BCUT2D eigenvalue weighted by Crippen LogP contribution is -2.27. The highest BCUT2D eigenvalue weighted by Gasteiger charge is 2.31. The summed E-state index contributed by atoms with van der Waals surface area (Å²) in [5, 5.41) is 3.59. The van der Waals surface area contributed by atoms with Crippen molar-refractivity contribution in [1.29, 1.82) is 0 Å². The van der Waals surface area contributed by atoms with Crippen molar-refractivity contribution in [3.8, 4) is 0 Å². The molecule has 1 aromatic heterocycles. The molecule has 0 saturated heterocycles. The number of thiol groups is 1. The number of rotatable bonds is 5. The van der Waals surface area contributed by atoms with Crippen LogP contribution in [0, 0.1) is 11.3 Å². The van der Waals surface area contributed by atoms with Crippen LogP contribution in [0.4, 0.5) is 5.69 Å². The number of para-hydroxylation sites is 1. The van der Waals surface area contributed by atoms with E-state index < -0.39 is 0 Å². The molecule has 1 fully saturated rings. The number of anilines is 1. The molecule has 1 saturated carbocycles. The minimum atomic E-state index is -0.255. The van der Waals surface area contributed by atoms with Crippen molar-refractivity contribution in [2.24, 2.45) is 27.8 Å². The van der Waals surface area contributed by atoms with Crippen LogP contribution in [0.25, 0.3) is 0 Å². The Labute approximate surface area is 250 Å². The van der Waals surface area contributed by atoms with E-state index in [1.807, 2.05) is 44.2 Å². The smallest absolute Gasteiger partial charge is 0.275 e. The Kier molecular flexibility index (Phi) is 16.9. The van der Waals surface area contributed by atoms with E-state index >= 15 is 0 Å². The second kappa shape index (κ2) is 19.5. The fourth-order valence-corrected chi connectivity index (χ4v) is 4.43. The van der Waals surface area contributed by atoms with E-state index in [9.17, 15) is 4.79 Å². The standard InChI is InChI=1S/C18H28N2S.C11H9N3O.C2H6.CH3NO/c1-18(2,3)15-9-10-16-14(12-15)8-7-13(17(21)20-16)6-4-5-11-19;15-11(10-8-12-6-7-13-10)14-9-4-2-1-3-5-9;1-2;2-1-3/h4,6,8,15,21H,5,7,9-12,19H2,1-3H3;1-8H,(H,14,15);1-2H3;1H,(H2,2,3)/b6-4+;;;. The number of carbonyl (C=O) groups excluding carboxylic acids is 2. The van der Waals surface area contributed by atoms with Crippen LogP contribution >= 0.6 is 12.6 Å². The first-order chi connectivity index (χ1) is 19.7. The highest BCUT2D eigenvalue weighted by atomic mass is 32.1. The van der Waals surface area contributed by atoms with E-state index in [1.54, 1.807) is 0 Å². The molecule has 2 amide bonds. The summed E-state index contributed by atoms with van der Waals surface area (Å²) >= 11 is 4.60. The molecule has 4 rings (SSSR count). The zero-order valence-electron chi connectivity index (χ0n) is 25.0. The average molecular weight is 579 g/mol. The molecule has 0 spiro atoms. The molecule has 5 N–H and O–H groups in total. The third-order valence-corrected chi connectivity index (χ3v) is 6.75. The number of hydrogen-bond acceptors (Lipinski definition) is 7. The van der Waals surface area contributed by atoms with E-state index in [0.29, 0.717) is 17.7 Å². The molecule has 2 aromatic rings. The Morgan fingerprint density at radius 1 is 1.17 bits per heavy atom. The van der Waals surface area contributed by atoms with Crippen LogP contribution in [0.15, 0.2) is 88.3 Å². The minimum Gasteiger partial charge on any atom is -0.372 e. The second-order valence-corrected chi connectivity index (χ2v) is 10.6. The lowest BCUT2D eigenvalue weighted by atomic mass is 9.70. The third kappa shape index (κ3) is 13.1. The van der Waals surface area contributed by atoms with Gasteiger partial charge in [0, 0.05) is 23.8 Å². The fraction of sp³-hybridized carbons (Fsp3) is 0.406. The number of fused-ring (bicyclic) bond motifs is 1. The van der Waals surface area contributed by atoms with E-state index in [0.717, 1.165) is 42.3 Å². The topological polar surface area (TPSA) is 136 Å². The molecule has 9 heteroatoms. The van der Waals surface area contributed by atoms with Gasteiger partial charge in [-0.15, -0.1) is 12.6 Å². The van der Waals surface area contributed by atoms with Gasteiger partial charge in [-0.2, -0.15) is 0 Å². The molecular formula is C32H46N6O2S. The van der Waals surface area contributed by atoms with E-state index in [1.165, 1.54) is 41.9 Å². The maximum absolute atomic E-state index is 11.6. The monoisotopic (exact) mass is 578 g/mol. The Hall–Kier alpha value is -3.56. The van der Waals surface area contributed by atoms with E-state index in [4.69, 9.17) is 15.5 Å². The number of aliphatic imine (C=N–C) groups is 1. The van der Waals surface area contributed by atoms with Crippen molar-refractivity contribution in [3.63, 3.8) is 0 Å². The minimum absolute atomic E-state index is 0.250. The number of allylic oxidation sites excluding steroid dienone is 4. The number of aromatic nitrogens is 2. The van der Waals surface area contributed by atoms with Crippen LogP contribution in [0.3, 0.4) is 0 Å². The van der Waals surface area contributed by atoms with Crippen LogP contribution in [0.1, 0.15) is 77.2 Å². The number of nitrogens with one attached hydrogen (secondary N) is 1. The molecule has 1 unspecified atom stereocenters. The zero-order chi connectivity index (χ0) is 30.7. The van der Waals surface area contributed by atoms with Gasteiger partial charge in [0.1, 0.15) is 5.69 Å². The van der Waals surface area contributed by atoms with Gasteiger partial charge in [0.15, 0.2) is 0 Å². The predicted octanol–water partition coefficient (Wildman–Crippen LogP) is 6.51. The van der Waals surface area contributed by atoms with Crippen molar-refractivity contribution in [1.82, 2.24) is 9.97 Å². The van der Waals surface area contributed by atoms with Crippen molar-refractivity contribution in [3.05, 3.63) is 89.0 Å². The van der Waals surface area contributed by atoms with Gasteiger partial charge >= 0.3 is 0 Å². The van der Waals surface area contributed by atoms with Gasteiger partial charge < -0.3 is 16.8 Å². The maximum Gasteiger partial charge on any atom is 0.275 e. The molecule has 8 nitrogen and oxygen atoms in total. The van der Waals surface area contributed by atoms with Crippen LogP contribution < -0.4 is 16.8 Å². The summed E-state index contributed by atoms with van der Waals surface area (Å²) in [6.07, 6.45) is 16.6. The second-order valence-electron chi connectivity index (χ2n) is 10.2. The third-order valence-electron chi connectivity index (χ3n) is 6.37. The molecule has 1 aromatic carbocycles. The first kappa shape index (κ1) is 35.5. The van der Waals surface area contributed by atoms with Gasteiger partial charge in [-0.3, -0.25) is 14.6 Å². The molecule has 2 heterocycles. The molecule has 2 aliphatic rings. The van der Waals surface area contributed by atoms with Gasteiger partial charge in [-0.05, 0) is 73.3 Å². The first-order valence-electron chi connectivity index (χ1n) is 14.0. The first-order valence-corrected chi connectivity index (χ1v) is 14.5. The SMILES string of the molecule is CC.CC(C)(C)C1CCC2=NC(S)=C(/C=C/CCN)CC=C2C1.NC=O.O=C(Nc1ccccc1)c1cnccn1. The Morgan fingerprint density at radius 2 is 1.85 bits per heavy atom. The van der Waals surface area contributed by atoms with Gasteiger partial charge in [0.2, 0.25) is 6.41 Å². The summed E-state index contributed by atoms with van der Waals surface area (Å²) in [6, 6.07) is 9.22. The predicted molar refractivity (Wildman–Crippen MR) is 174 cm³/mol. The number of amides is 2. The molecule has 1 aliphatic carbocycles. The van der Waals surface area contributed by atoms with Crippen molar-refractivity contribution in [2.45, 2.75) is 66.7 Å². The van der Waals surface area contributed by atoms with Gasteiger partial charge in [-0.25, -0.2) is 9.98 Å². The molecule has 0 bridgehead atoms. The Bertz CT molecular complexity index is 1190. The molecule has 0 radical (unpaired) electrons. The Morgan fingerprint density at radius 3 is 2.44 bits per heavy atom. The summed E-state index contributed by atoms with van der Waals surface area (Å²) in [5.41, 5.74) is 15.0. The maximum atomic E-state index is 11.6. The van der Waals surface area contributed by atoms with Gasteiger partial charge in [0.25, 0.3) is 5.91 Å². The summed E-state index contributed by atoms with van der Waals surface area (Å²) in [4.78, 5) is 32.7. The highest BCUT2D eigenvalue weighted by molar-refractivity contribution is 7.84. The number of nitrogens with two attached hydrogens (primary N) is 2. The fourth-order valence-electron chi connectivity index (χ4n) is 4.15. The zero-order valence-corrected chi connectivity index (χ0v) is 25.9. The summed E-state index contributed by atoms with van der Waals surface area (Å²) in [6.45, 7) is 11.7. The molecule has 222 valence electrons. The number of benzene rings is 1. The van der Waals surface area contributed by atoms with Gasteiger partial charge in [-0.1, -0.05) is 71.0 Å². The van der Waals surface area contributed by atoms with Crippen molar-refractivity contribution >= 4 is 36.3 Å². The van der Waals surface area contributed by atoms with Crippen molar-refractivity contribution < 1.29 is 9.59 Å². The van der Waals surface area contributed by atoms with Crippen LogP contribution in [-0.4, -0.2) is 34.5 Å². The molecule has 41 heavy (non-hydrogen) atoms. The Balaban J connectivity index is 0.000000368. The van der Waals surface area contributed by atoms with Crippen LogP contribution in [0.5, 0.6) is 0 Å². The van der Waals surface area contributed by atoms with E-state index in [2.05, 4.69) is 72.6 Å².